The van der Waals surface area contributed by atoms with Crippen LogP contribution >= 0.6 is 11.8 Å². The van der Waals surface area contributed by atoms with Crippen LogP contribution in [0.15, 0.2) is 18.2 Å². The van der Waals surface area contributed by atoms with Crippen molar-refractivity contribution >= 4 is 22.8 Å². The molecule has 1 heterocycles. The largest absolute Gasteiger partial charge is 0.324 e. The van der Waals surface area contributed by atoms with Gasteiger partial charge in [-0.25, -0.2) is 9.37 Å². The average Bonchev–Trinajstić information content (AvgIpc) is 2.74. The van der Waals surface area contributed by atoms with E-state index in [0.29, 0.717) is 5.52 Å². The van der Waals surface area contributed by atoms with Crippen molar-refractivity contribution in [3.05, 3.63) is 29.8 Å². The molecule has 0 aliphatic rings. The smallest absolute Gasteiger partial charge is 0.127 e. The Bertz CT molecular complexity index is 565. The highest BCUT2D eigenvalue weighted by atomic mass is 32.2. The highest BCUT2D eigenvalue weighted by molar-refractivity contribution is 7.98. The Morgan fingerprint density at radius 1 is 1.42 bits per heavy atom. The van der Waals surface area contributed by atoms with Crippen LogP contribution < -0.4 is 5.73 Å². The molecule has 5 heteroatoms. The molecule has 0 fully saturated rings. The number of rotatable bonds is 5. The van der Waals surface area contributed by atoms with Gasteiger partial charge in [0.05, 0.1) is 17.1 Å². The molecule has 0 bridgehead atoms. The van der Waals surface area contributed by atoms with Gasteiger partial charge >= 0.3 is 0 Å². The van der Waals surface area contributed by atoms with E-state index in [9.17, 15) is 4.39 Å². The van der Waals surface area contributed by atoms with Crippen molar-refractivity contribution in [1.82, 2.24) is 9.55 Å². The van der Waals surface area contributed by atoms with E-state index in [-0.39, 0.29) is 17.9 Å². The van der Waals surface area contributed by atoms with Crippen LogP contribution in [0, 0.1) is 5.82 Å². The monoisotopic (exact) mass is 281 g/mol. The number of thioether (sulfide) groups is 1. The molecule has 0 spiro atoms. The van der Waals surface area contributed by atoms with Crippen molar-refractivity contribution in [3.63, 3.8) is 0 Å². The van der Waals surface area contributed by atoms with Crippen molar-refractivity contribution in [1.29, 1.82) is 0 Å². The fourth-order valence-corrected chi connectivity index (χ4v) is 2.76. The van der Waals surface area contributed by atoms with E-state index < -0.39 is 0 Å². The number of halogens is 1. The Kier molecular flexibility index (Phi) is 4.47. The summed E-state index contributed by atoms with van der Waals surface area (Å²) >= 11 is 1.77. The Morgan fingerprint density at radius 3 is 2.79 bits per heavy atom. The summed E-state index contributed by atoms with van der Waals surface area (Å²) in [7, 11) is 0. The van der Waals surface area contributed by atoms with E-state index in [1.54, 1.807) is 17.8 Å². The molecule has 2 aromatic rings. The SMILES string of the molecule is CSCCC(N)c1nc2cc(F)ccc2n1C(C)C. The van der Waals surface area contributed by atoms with Gasteiger partial charge in [0.15, 0.2) is 0 Å². The van der Waals surface area contributed by atoms with Gasteiger partial charge in [0.1, 0.15) is 11.6 Å². The molecule has 1 aromatic heterocycles. The summed E-state index contributed by atoms with van der Waals surface area (Å²) in [5.41, 5.74) is 7.86. The molecule has 0 radical (unpaired) electrons. The minimum Gasteiger partial charge on any atom is -0.324 e. The summed E-state index contributed by atoms with van der Waals surface area (Å²) < 4.78 is 15.4. The zero-order valence-electron chi connectivity index (χ0n) is 11.6. The van der Waals surface area contributed by atoms with E-state index in [1.807, 2.05) is 0 Å². The second-order valence-corrected chi connectivity index (χ2v) is 5.94. The Hall–Kier alpha value is -1.07. The van der Waals surface area contributed by atoms with E-state index in [4.69, 9.17) is 5.73 Å². The zero-order valence-corrected chi connectivity index (χ0v) is 12.4. The summed E-state index contributed by atoms with van der Waals surface area (Å²) in [6, 6.07) is 4.87. The summed E-state index contributed by atoms with van der Waals surface area (Å²) in [4.78, 5) is 4.54. The predicted octanol–water partition coefficient (Wildman–Crippen LogP) is 3.51. The van der Waals surface area contributed by atoms with E-state index in [2.05, 4.69) is 29.7 Å². The minimum atomic E-state index is -0.259. The van der Waals surface area contributed by atoms with E-state index in [1.165, 1.54) is 12.1 Å². The molecular formula is C14H20FN3S. The van der Waals surface area contributed by atoms with Crippen LogP contribution in [-0.2, 0) is 0 Å². The standard InChI is InChI=1S/C14H20FN3S/c1-9(2)18-13-5-4-10(15)8-12(13)17-14(18)11(16)6-7-19-3/h4-5,8-9,11H,6-7,16H2,1-3H3. The molecule has 3 nitrogen and oxygen atoms in total. The maximum atomic E-state index is 13.3. The van der Waals surface area contributed by atoms with Crippen molar-refractivity contribution in [3.8, 4) is 0 Å². The van der Waals surface area contributed by atoms with Crippen LogP contribution in [0.25, 0.3) is 11.0 Å². The van der Waals surface area contributed by atoms with Crippen LogP contribution in [0.1, 0.15) is 38.2 Å². The zero-order chi connectivity index (χ0) is 14.0. The van der Waals surface area contributed by atoms with Crippen LogP contribution in [-0.4, -0.2) is 21.6 Å². The summed E-state index contributed by atoms with van der Waals surface area (Å²) in [5.74, 6) is 1.59. The summed E-state index contributed by atoms with van der Waals surface area (Å²) in [5, 5.41) is 0. The van der Waals surface area contributed by atoms with Gasteiger partial charge in [0.2, 0.25) is 0 Å². The molecule has 0 aliphatic heterocycles. The number of imidazole rings is 1. The van der Waals surface area contributed by atoms with Crippen molar-refractivity contribution in [2.75, 3.05) is 12.0 Å². The Morgan fingerprint density at radius 2 is 2.16 bits per heavy atom. The van der Waals surface area contributed by atoms with Gasteiger partial charge in [-0.2, -0.15) is 11.8 Å². The maximum Gasteiger partial charge on any atom is 0.127 e. The molecule has 0 amide bonds. The number of hydrogen-bond acceptors (Lipinski definition) is 3. The first kappa shape index (κ1) is 14.3. The van der Waals surface area contributed by atoms with Crippen molar-refractivity contribution in [2.45, 2.75) is 32.4 Å². The third kappa shape index (κ3) is 2.92. The lowest BCUT2D eigenvalue weighted by atomic mass is 10.2. The van der Waals surface area contributed by atoms with Gasteiger partial charge in [-0.3, -0.25) is 0 Å². The molecule has 2 rings (SSSR count). The molecule has 0 aliphatic carbocycles. The highest BCUT2D eigenvalue weighted by Gasteiger charge is 2.18. The number of fused-ring (bicyclic) bond motifs is 1. The van der Waals surface area contributed by atoms with Crippen molar-refractivity contribution < 1.29 is 4.39 Å². The molecule has 1 aromatic carbocycles. The predicted molar refractivity (Wildman–Crippen MR) is 80.0 cm³/mol. The van der Waals surface area contributed by atoms with Gasteiger partial charge in [0, 0.05) is 12.1 Å². The summed E-state index contributed by atoms with van der Waals surface area (Å²) in [6.07, 6.45) is 2.94. The third-order valence-electron chi connectivity index (χ3n) is 3.16. The third-order valence-corrected chi connectivity index (χ3v) is 3.80. The second-order valence-electron chi connectivity index (χ2n) is 4.95. The highest BCUT2D eigenvalue weighted by Crippen LogP contribution is 2.26. The van der Waals surface area contributed by atoms with Crippen LogP contribution in [0.2, 0.25) is 0 Å². The molecule has 104 valence electrons. The Labute approximate surface area is 117 Å². The lowest BCUT2D eigenvalue weighted by Crippen LogP contribution is -2.18. The van der Waals surface area contributed by atoms with Gasteiger partial charge in [-0.05, 0) is 44.4 Å². The number of nitrogens with zero attached hydrogens (tertiary/aromatic N) is 2. The molecule has 0 saturated carbocycles. The fourth-order valence-electron chi connectivity index (χ4n) is 2.27. The van der Waals surface area contributed by atoms with Gasteiger partial charge in [-0.15, -0.1) is 0 Å². The lowest BCUT2D eigenvalue weighted by Gasteiger charge is -2.17. The van der Waals surface area contributed by atoms with Gasteiger partial charge in [0.25, 0.3) is 0 Å². The first-order chi connectivity index (χ1) is 9.04. The molecular weight excluding hydrogens is 261 g/mol. The lowest BCUT2D eigenvalue weighted by molar-refractivity contribution is 0.536. The Balaban J connectivity index is 2.49. The number of aromatic nitrogens is 2. The fraction of sp³-hybridized carbons (Fsp3) is 0.500. The molecule has 2 N–H and O–H groups in total. The average molecular weight is 281 g/mol. The number of hydrogen-bond donors (Lipinski definition) is 1. The topological polar surface area (TPSA) is 43.8 Å². The second kappa shape index (κ2) is 5.92. The normalized spacial score (nSPS) is 13.4. The van der Waals surface area contributed by atoms with E-state index in [0.717, 1.165) is 23.5 Å². The molecule has 1 unspecified atom stereocenters. The minimum absolute atomic E-state index is 0.106. The van der Waals surface area contributed by atoms with Crippen LogP contribution in [0.5, 0.6) is 0 Å². The van der Waals surface area contributed by atoms with E-state index >= 15 is 0 Å². The van der Waals surface area contributed by atoms with Gasteiger partial charge in [-0.1, -0.05) is 0 Å². The van der Waals surface area contributed by atoms with Crippen molar-refractivity contribution in [2.24, 2.45) is 5.73 Å². The maximum absolute atomic E-state index is 13.3. The van der Waals surface area contributed by atoms with Crippen LogP contribution in [0.3, 0.4) is 0 Å². The molecule has 1 atom stereocenters. The van der Waals surface area contributed by atoms with Gasteiger partial charge < -0.3 is 10.3 Å². The first-order valence-corrected chi connectivity index (χ1v) is 7.86. The summed E-state index contributed by atoms with van der Waals surface area (Å²) in [6.45, 7) is 4.19. The number of nitrogens with two attached hydrogens (primary N) is 1. The molecule has 0 saturated heterocycles. The molecule has 19 heavy (non-hydrogen) atoms. The van der Waals surface area contributed by atoms with Crippen LogP contribution in [0.4, 0.5) is 4.39 Å². The quantitative estimate of drug-likeness (QED) is 0.912. The number of benzene rings is 1. The first-order valence-electron chi connectivity index (χ1n) is 6.46.